The summed E-state index contributed by atoms with van der Waals surface area (Å²) in [5, 5.41) is 3.04. The molecule has 0 radical (unpaired) electrons. The van der Waals surface area contributed by atoms with Gasteiger partial charge in [0.2, 0.25) is 0 Å². The molecule has 1 fully saturated rings. The van der Waals surface area contributed by atoms with Crippen LogP contribution in [-0.2, 0) is 18.0 Å². The molecule has 5 nitrogen and oxygen atoms in total. The first-order chi connectivity index (χ1) is 12.2. The van der Waals surface area contributed by atoms with Crippen LogP contribution < -0.4 is 10.1 Å². The van der Waals surface area contributed by atoms with E-state index in [0.717, 1.165) is 42.0 Å². The molecule has 5 heteroatoms. The zero-order valence-electron chi connectivity index (χ0n) is 14.3. The van der Waals surface area contributed by atoms with Crippen molar-refractivity contribution < 1.29 is 14.3 Å². The Morgan fingerprint density at radius 3 is 2.96 bits per heavy atom. The van der Waals surface area contributed by atoms with Crippen molar-refractivity contribution in [2.24, 2.45) is 0 Å². The Morgan fingerprint density at radius 2 is 2.08 bits per heavy atom. The molecular formula is C20H22N2O3. The molecule has 2 amide bonds. The van der Waals surface area contributed by atoms with Crippen molar-refractivity contribution in [1.29, 1.82) is 0 Å². The molecule has 130 valence electrons. The molecule has 2 aliphatic rings. The highest BCUT2D eigenvalue weighted by Gasteiger charge is 2.30. The Kier molecular flexibility index (Phi) is 4.32. The van der Waals surface area contributed by atoms with Crippen LogP contribution in [0.2, 0.25) is 0 Å². The van der Waals surface area contributed by atoms with Gasteiger partial charge >= 0.3 is 6.03 Å². The number of hydrogen-bond donors (Lipinski definition) is 1. The van der Waals surface area contributed by atoms with Crippen molar-refractivity contribution in [1.82, 2.24) is 4.90 Å². The van der Waals surface area contributed by atoms with E-state index in [9.17, 15) is 4.79 Å². The Labute approximate surface area is 147 Å². The van der Waals surface area contributed by atoms with Crippen LogP contribution in [-0.4, -0.2) is 24.6 Å². The van der Waals surface area contributed by atoms with Crippen LogP contribution in [0.25, 0.3) is 0 Å². The Balaban J connectivity index is 1.50. The van der Waals surface area contributed by atoms with Gasteiger partial charge in [-0.25, -0.2) is 4.79 Å². The van der Waals surface area contributed by atoms with Crippen LogP contribution in [0.15, 0.2) is 42.5 Å². The molecule has 0 unspecified atom stereocenters. The Hall–Kier alpha value is -2.53. The number of hydrogen-bond acceptors (Lipinski definition) is 3. The van der Waals surface area contributed by atoms with Gasteiger partial charge in [0.25, 0.3) is 0 Å². The molecule has 0 saturated carbocycles. The number of rotatable bonds is 3. The number of likely N-dealkylation sites (tertiary alicyclic amines) is 1. The normalized spacial score (nSPS) is 18.9. The van der Waals surface area contributed by atoms with Crippen LogP contribution >= 0.6 is 0 Å². The van der Waals surface area contributed by atoms with Gasteiger partial charge in [-0.15, -0.1) is 0 Å². The zero-order valence-corrected chi connectivity index (χ0v) is 14.3. The summed E-state index contributed by atoms with van der Waals surface area (Å²) in [6.07, 6.45) is 1.98. The lowest BCUT2D eigenvalue weighted by Gasteiger charge is -2.25. The molecule has 0 bridgehead atoms. The molecule has 2 aromatic rings. The maximum atomic E-state index is 12.8. The lowest BCUT2D eigenvalue weighted by molar-refractivity contribution is 0.134. The summed E-state index contributed by atoms with van der Waals surface area (Å²) in [7, 11) is 1.66. The van der Waals surface area contributed by atoms with E-state index in [4.69, 9.17) is 9.47 Å². The summed E-state index contributed by atoms with van der Waals surface area (Å²) < 4.78 is 10.8. The highest BCUT2D eigenvalue weighted by molar-refractivity contribution is 5.90. The number of nitrogens with zero attached hydrogens (tertiary/aromatic N) is 1. The number of methoxy groups -OCH3 is 1. The third kappa shape index (κ3) is 3.20. The molecular weight excluding hydrogens is 316 g/mol. The van der Waals surface area contributed by atoms with Gasteiger partial charge in [0.15, 0.2) is 0 Å². The first-order valence-electron chi connectivity index (χ1n) is 8.66. The molecule has 0 aliphatic carbocycles. The smallest absolute Gasteiger partial charge is 0.322 e. The second kappa shape index (κ2) is 6.76. The third-order valence-corrected chi connectivity index (χ3v) is 4.96. The molecule has 0 aromatic heterocycles. The van der Waals surface area contributed by atoms with Crippen LogP contribution in [0, 0.1) is 0 Å². The van der Waals surface area contributed by atoms with Crippen molar-refractivity contribution in [3.05, 3.63) is 59.2 Å². The number of nitrogens with one attached hydrogen (secondary N) is 1. The van der Waals surface area contributed by atoms with Gasteiger partial charge in [0.05, 0.1) is 26.4 Å². The number of fused-ring (bicyclic) bond motifs is 1. The fraction of sp³-hybridized carbons (Fsp3) is 0.350. The molecule has 1 N–H and O–H groups in total. The zero-order chi connectivity index (χ0) is 17.2. The summed E-state index contributed by atoms with van der Waals surface area (Å²) >= 11 is 0. The third-order valence-electron chi connectivity index (χ3n) is 4.96. The molecule has 1 saturated heterocycles. The fourth-order valence-corrected chi connectivity index (χ4v) is 3.65. The van der Waals surface area contributed by atoms with E-state index in [1.54, 1.807) is 7.11 Å². The first kappa shape index (κ1) is 16.0. The first-order valence-corrected chi connectivity index (χ1v) is 8.66. The quantitative estimate of drug-likeness (QED) is 0.917. The Bertz CT molecular complexity index is 790. The van der Waals surface area contributed by atoms with Gasteiger partial charge in [-0.3, -0.25) is 0 Å². The minimum absolute atomic E-state index is 0.0517. The molecule has 2 aromatic carbocycles. The minimum atomic E-state index is -0.0517. The monoisotopic (exact) mass is 338 g/mol. The van der Waals surface area contributed by atoms with Crippen molar-refractivity contribution in [3.8, 4) is 5.75 Å². The van der Waals surface area contributed by atoms with Crippen LogP contribution in [0.1, 0.15) is 35.6 Å². The summed E-state index contributed by atoms with van der Waals surface area (Å²) in [6.45, 7) is 2.05. The summed E-state index contributed by atoms with van der Waals surface area (Å²) in [5.74, 6) is 0.823. The number of anilines is 1. The van der Waals surface area contributed by atoms with E-state index in [0.29, 0.717) is 13.2 Å². The predicted octanol–water partition coefficient (Wildman–Crippen LogP) is 4.09. The van der Waals surface area contributed by atoms with Gasteiger partial charge < -0.3 is 19.7 Å². The Morgan fingerprint density at radius 1 is 1.20 bits per heavy atom. The molecule has 4 rings (SSSR count). The molecule has 0 spiro atoms. The van der Waals surface area contributed by atoms with E-state index < -0.39 is 0 Å². The van der Waals surface area contributed by atoms with Crippen LogP contribution in [0.4, 0.5) is 10.5 Å². The number of ether oxygens (including phenoxy) is 2. The minimum Gasteiger partial charge on any atom is -0.497 e. The second-order valence-corrected chi connectivity index (χ2v) is 6.53. The maximum Gasteiger partial charge on any atom is 0.322 e. The van der Waals surface area contributed by atoms with Gasteiger partial charge in [0, 0.05) is 12.2 Å². The van der Waals surface area contributed by atoms with Crippen molar-refractivity contribution in [2.75, 3.05) is 19.0 Å². The van der Waals surface area contributed by atoms with E-state index in [2.05, 4.69) is 11.4 Å². The number of benzene rings is 2. The largest absolute Gasteiger partial charge is 0.497 e. The molecule has 25 heavy (non-hydrogen) atoms. The SMILES string of the molecule is COc1cccc([C@H]2CCCN2C(=O)Nc2ccc3c(c2)COC3)c1. The van der Waals surface area contributed by atoms with Crippen LogP contribution in [0.5, 0.6) is 5.75 Å². The van der Waals surface area contributed by atoms with Gasteiger partial charge in [0.1, 0.15) is 5.75 Å². The second-order valence-electron chi connectivity index (χ2n) is 6.53. The van der Waals surface area contributed by atoms with Crippen LogP contribution in [0.3, 0.4) is 0 Å². The lowest BCUT2D eigenvalue weighted by Crippen LogP contribution is -2.34. The highest BCUT2D eigenvalue weighted by atomic mass is 16.5. The molecule has 2 heterocycles. The van der Waals surface area contributed by atoms with Gasteiger partial charge in [-0.1, -0.05) is 18.2 Å². The van der Waals surface area contributed by atoms with Crippen molar-refractivity contribution >= 4 is 11.7 Å². The van der Waals surface area contributed by atoms with Crippen molar-refractivity contribution in [2.45, 2.75) is 32.1 Å². The summed E-state index contributed by atoms with van der Waals surface area (Å²) in [6, 6.07) is 14.0. The van der Waals surface area contributed by atoms with E-state index >= 15 is 0 Å². The standard InChI is InChI=1S/C20H22N2O3/c1-24-18-5-2-4-14(11-18)19-6-3-9-22(19)20(23)21-17-8-7-15-12-25-13-16(15)10-17/h2,4-5,7-8,10-11,19H,3,6,9,12-13H2,1H3,(H,21,23)/t19-/m1/s1. The predicted molar refractivity (Wildman–Crippen MR) is 95.6 cm³/mol. The highest BCUT2D eigenvalue weighted by Crippen LogP contribution is 2.34. The average Bonchev–Trinajstić information content (AvgIpc) is 3.30. The van der Waals surface area contributed by atoms with Gasteiger partial charge in [-0.2, -0.15) is 0 Å². The topological polar surface area (TPSA) is 50.8 Å². The maximum absolute atomic E-state index is 12.8. The van der Waals surface area contributed by atoms with E-state index in [1.807, 2.05) is 41.3 Å². The molecule has 2 aliphatic heterocycles. The van der Waals surface area contributed by atoms with Gasteiger partial charge in [-0.05, 0) is 53.8 Å². The number of carbonyl (C=O) groups is 1. The van der Waals surface area contributed by atoms with E-state index in [1.165, 1.54) is 5.56 Å². The summed E-state index contributed by atoms with van der Waals surface area (Å²) in [5.41, 5.74) is 4.30. The van der Waals surface area contributed by atoms with Crippen molar-refractivity contribution in [3.63, 3.8) is 0 Å². The summed E-state index contributed by atoms with van der Waals surface area (Å²) in [4.78, 5) is 14.7. The fourth-order valence-electron chi connectivity index (χ4n) is 3.65. The number of urea groups is 1. The number of amides is 2. The molecule has 1 atom stereocenters. The lowest BCUT2D eigenvalue weighted by atomic mass is 10.0. The van der Waals surface area contributed by atoms with E-state index in [-0.39, 0.29) is 12.1 Å². The number of carbonyl (C=O) groups excluding carboxylic acids is 1. The average molecular weight is 338 g/mol.